The van der Waals surface area contributed by atoms with E-state index in [0.29, 0.717) is 12.0 Å². The number of hydrogen-bond acceptors (Lipinski definition) is 1. The van der Waals surface area contributed by atoms with E-state index in [1.807, 2.05) is 0 Å². The van der Waals surface area contributed by atoms with E-state index in [4.69, 9.17) is 5.73 Å². The Balaban J connectivity index is 2.11. The quantitative estimate of drug-likeness (QED) is 0.696. The van der Waals surface area contributed by atoms with Crippen molar-refractivity contribution in [3.8, 4) is 0 Å². The van der Waals surface area contributed by atoms with Crippen LogP contribution in [0.15, 0.2) is 24.3 Å². The molecule has 2 N–H and O–H groups in total. The zero-order chi connectivity index (χ0) is 10.7. The summed E-state index contributed by atoms with van der Waals surface area (Å²) in [4.78, 5) is 0. The minimum Gasteiger partial charge on any atom is -0.328 e. The molecule has 0 aromatic heterocycles. The molecule has 2 rings (SSSR count). The van der Waals surface area contributed by atoms with Gasteiger partial charge in [-0.1, -0.05) is 42.7 Å². The van der Waals surface area contributed by atoms with Crippen LogP contribution in [0.3, 0.4) is 0 Å². The second kappa shape index (κ2) is 4.80. The monoisotopic (exact) mass is 203 g/mol. The molecule has 0 radical (unpaired) electrons. The van der Waals surface area contributed by atoms with Gasteiger partial charge in [0.15, 0.2) is 0 Å². The predicted molar refractivity (Wildman–Crippen MR) is 65.0 cm³/mol. The van der Waals surface area contributed by atoms with Gasteiger partial charge in [-0.3, -0.25) is 0 Å². The molecule has 0 amide bonds. The summed E-state index contributed by atoms with van der Waals surface area (Å²) in [6.07, 6.45) is 6.35. The van der Waals surface area contributed by atoms with E-state index in [1.165, 1.54) is 43.2 Å². The number of rotatable bonds is 1. The van der Waals surface area contributed by atoms with E-state index < -0.39 is 0 Å². The smallest absolute Gasteiger partial charge is 0.00446 e. The Bertz CT molecular complexity index is 302. The fraction of sp³-hybridized carbons (Fsp3) is 0.571. The summed E-state index contributed by atoms with van der Waals surface area (Å²) < 4.78 is 0. The molecule has 1 heteroatoms. The highest BCUT2D eigenvalue weighted by molar-refractivity contribution is 5.24. The maximum Gasteiger partial charge on any atom is 0.00446 e. The van der Waals surface area contributed by atoms with Crippen molar-refractivity contribution in [3.63, 3.8) is 0 Å². The molecule has 0 heterocycles. The Morgan fingerprint density at radius 3 is 2.47 bits per heavy atom. The Hall–Kier alpha value is -0.820. The molecule has 1 saturated carbocycles. The molecule has 1 aliphatic rings. The van der Waals surface area contributed by atoms with Crippen LogP contribution < -0.4 is 5.73 Å². The largest absolute Gasteiger partial charge is 0.328 e. The third kappa shape index (κ3) is 2.82. The fourth-order valence-electron chi connectivity index (χ4n) is 2.54. The maximum absolute atomic E-state index is 6.09. The van der Waals surface area contributed by atoms with Crippen molar-refractivity contribution in [2.24, 2.45) is 5.73 Å². The van der Waals surface area contributed by atoms with Gasteiger partial charge < -0.3 is 5.73 Å². The molecule has 1 nitrogen and oxygen atoms in total. The van der Waals surface area contributed by atoms with Gasteiger partial charge in [0.05, 0.1) is 0 Å². The van der Waals surface area contributed by atoms with E-state index in [2.05, 4.69) is 31.2 Å². The lowest BCUT2D eigenvalue weighted by molar-refractivity contribution is 0.535. The Morgan fingerprint density at radius 1 is 1.07 bits per heavy atom. The van der Waals surface area contributed by atoms with Gasteiger partial charge in [0.2, 0.25) is 0 Å². The summed E-state index contributed by atoms with van der Waals surface area (Å²) in [6.45, 7) is 2.14. The molecule has 0 bridgehead atoms. The summed E-state index contributed by atoms with van der Waals surface area (Å²) in [7, 11) is 0. The normalized spacial score (nSPS) is 27.3. The average Bonchev–Trinajstić information content (AvgIpc) is 2.44. The first-order valence-corrected chi connectivity index (χ1v) is 6.08. The highest BCUT2D eigenvalue weighted by Crippen LogP contribution is 2.31. The lowest BCUT2D eigenvalue weighted by atomic mass is 9.90. The van der Waals surface area contributed by atoms with Crippen molar-refractivity contribution in [2.45, 2.75) is 51.0 Å². The van der Waals surface area contributed by atoms with Gasteiger partial charge in [-0.25, -0.2) is 0 Å². The topological polar surface area (TPSA) is 26.0 Å². The van der Waals surface area contributed by atoms with Crippen LogP contribution in [0.1, 0.15) is 49.1 Å². The molecule has 2 unspecified atom stereocenters. The molecule has 1 aromatic rings. The summed E-state index contributed by atoms with van der Waals surface area (Å²) in [5, 5.41) is 0. The van der Waals surface area contributed by atoms with Crippen LogP contribution in [0.5, 0.6) is 0 Å². The number of benzene rings is 1. The number of nitrogens with two attached hydrogens (primary N) is 1. The second-order valence-electron chi connectivity index (χ2n) is 4.89. The van der Waals surface area contributed by atoms with Crippen molar-refractivity contribution in [1.29, 1.82) is 0 Å². The van der Waals surface area contributed by atoms with Gasteiger partial charge in [-0.05, 0) is 37.7 Å². The number of aryl methyl sites for hydroxylation is 1. The molecule has 0 saturated heterocycles. The van der Waals surface area contributed by atoms with Crippen LogP contribution in [-0.2, 0) is 0 Å². The molecule has 0 spiro atoms. The molecule has 1 aromatic carbocycles. The Morgan fingerprint density at radius 2 is 1.73 bits per heavy atom. The summed E-state index contributed by atoms with van der Waals surface area (Å²) >= 11 is 0. The molecular formula is C14H21N. The first kappa shape index (κ1) is 10.7. The van der Waals surface area contributed by atoms with Gasteiger partial charge in [0, 0.05) is 6.04 Å². The molecule has 15 heavy (non-hydrogen) atoms. The van der Waals surface area contributed by atoms with Gasteiger partial charge in [-0.2, -0.15) is 0 Å². The average molecular weight is 203 g/mol. The highest BCUT2D eigenvalue weighted by Gasteiger charge is 2.18. The fourth-order valence-corrected chi connectivity index (χ4v) is 2.54. The Labute approximate surface area is 92.7 Å². The standard InChI is InChI=1S/C14H21N/c1-11-6-8-12(9-7-11)13-4-2-3-5-14(15)10-13/h6-9,13-14H,2-5,10,15H2,1H3. The maximum atomic E-state index is 6.09. The van der Waals surface area contributed by atoms with Gasteiger partial charge in [0.25, 0.3) is 0 Å². The van der Waals surface area contributed by atoms with Gasteiger partial charge in [-0.15, -0.1) is 0 Å². The summed E-state index contributed by atoms with van der Waals surface area (Å²) in [5.74, 6) is 0.697. The molecule has 1 fully saturated rings. The van der Waals surface area contributed by atoms with Crippen molar-refractivity contribution in [1.82, 2.24) is 0 Å². The third-order valence-corrected chi connectivity index (χ3v) is 3.51. The molecule has 2 atom stereocenters. The minimum absolute atomic E-state index is 0.416. The van der Waals surface area contributed by atoms with Gasteiger partial charge in [0.1, 0.15) is 0 Å². The van der Waals surface area contributed by atoms with E-state index in [9.17, 15) is 0 Å². The lowest BCUT2D eigenvalue weighted by Gasteiger charge is -2.17. The number of hydrogen-bond donors (Lipinski definition) is 1. The molecule has 1 aliphatic carbocycles. The Kier molecular flexibility index (Phi) is 3.42. The molecule has 0 aliphatic heterocycles. The zero-order valence-corrected chi connectivity index (χ0v) is 9.58. The van der Waals surface area contributed by atoms with Crippen LogP contribution in [0.4, 0.5) is 0 Å². The summed E-state index contributed by atoms with van der Waals surface area (Å²) in [5.41, 5.74) is 8.92. The van der Waals surface area contributed by atoms with Crippen molar-refractivity contribution < 1.29 is 0 Å². The zero-order valence-electron chi connectivity index (χ0n) is 9.58. The minimum atomic E-state index is 0.416. The first-order chi connectivity index (χ1) is 7.25. The SMILES string of the molecule is Cc1ccc(C2CCCCC(N)C2)cc1. The van der Waals surface area contributed by atoms with Crippen molar-refractivity contribution >= 4 is 0 Å². The van der Waals surface area contributed by atoms with E-state index >= 15 is 0 Å². The molecular weight excluding hydrogens is 182 g/mol. The highest BCUT2D eigenvalue weighted by atomic mass is 14.6. The lowest BCUT2D eigenvalue weighted by Crippen LogP contribution is -2.20. The van der Waals surface area contributed by atoms with Crippen LogP contribution in [0, 0.1) is 6.92 Å². The van der Waals surface area contributed by atoms with Crippen LogP contribution in [0.2, 0.25) is 0 Å². The molecule has 82 valence electrons. The van der Waals surface area contributed by atoms with E-state index in [1.54, 1.807) is 0 Å². The van der Waals surface area contributed by atoms with Crippen LogP contribution in [0.25, 0.3) is 0 Å². The van der Waals surface area contributed by atoms with E-state index in [0.717, 1.165) is 0 Å². The predicted octanol–water partition coefficient (Wildman–Crippen LogP) is 3.37. The van der Waals surface area contributed by atoms with E-state index in [-0.39, 0.29) is 0 Å². The summed E-state index contributed by atoms with van der Waals surface area (Å²) in [6, 6.07) is 9.40. The second-order valence-corrected chi connectivity index (χ2v) is 4.89. The van der Waals surface area contributed by atoms with Gasteiger partial charge >= 0.3 is 0 Å². The van der Waals surface area contributed by atoms with Crippen LogP contribution in [-0.4, -0.2) is 6.04 Å². The third-order valence-electron chi connectivity index (χ3n) is 3.51. The van der Waals surface area contributed by atoms with Crippen LogP contribution >= 0.6 is 0 Å². The van der Waals surface area contributed by atoms with Crippen molar-refractivity contribution in [2.75, 3.05) is 0 Å². The van der Waals surface area contributed by atoms with Crippen molar-refractivity contribution in [3.05, 3.63) is 35.4 Å². The first-order valence-electron chi connectivity index (χ1n) is 6.08.